The molecule has 136 valence electrons. The van der Waals surface area contributed by atoms with Gasteiger partial charge in [-0.05, 0) is 51.5 Å². The third kappa shape index (κ3) is 6.41. The van der Waals surface area contributed by atoms with Crippen LogP contribution in [-0.4, -0.2) is 55.0 Å². The van der Waals surface area contributed by atoms with Crippen LogP contribution in [-0.2, 0) is 10.5 Å². The number of nitrogens with one attached hydrogen (secondary N) is 1. The number of amides is 1. The summed E-state index contributed by atoms with van der Waals surface area (Å²) in [7, 11) is 3.97. The van der Waals surface area contributed by atoms with Crippen LogP contribution in [0, 0.1) is 6.92 Å². The lowest BCUT2D eigenvalue weighted by atomic mass is 10.2. The van der Waals surface area contributed by atoms with E-state index in [0.29, 0.717) is 23.9 Å². The Morgan fingerprint density at radius 1 is 1.28 bits per heavy atom. The van der Waals surface area contributed by atoms with Crippen LogP contribution < -0.4 is 5.32 Å². The molecule has 2 rings (SSSR count). The average molecular weight is 380 g/mol. The van der Waals surface area contributed by atoms with Crippen LogP contribution in [0.25, 0.3) is 11.5 Å². The first-order valence-corrected chi connectivity index (χ1v) is 10.5. The molecule has 0 saturated heterocycles. The van der Waals surface area contributed by atoms with Gasteiger partial charge in [0.25, 0.3) is 0 Å². The van der Waals surface area contributed by atoms with Crippen molar-refractivity contribution in [2.75, 3.05) is 39.2 Å². The molecule has 25 heavy (non-hydrogen) atoms. The van der Waals surface area contributed by atoms with E-state index in [1.165, 1.54) is 4.90 Å². The van der Waals surface area contributed by atoms with Gasteiger partial charge in [-0.1, -0.05) is 0 Å². The van der Waals surface area contributed by atoms with Gasteiger partial charge in [0.2, 0.25) is 11.8 Å². The fourth-order valence-electron chi connectivity index (χ4n) is 2.13. The van der Waals surface area contributed by atoms with E-state index in [4.69, 9.17) is 4.42 Å². The van der Waals surface area contributed by atoms with E-state index in [1.54, 1.807) is 23.5 Å². The number of rotatable bonds is 9. The molecule has 0 aliphatic carbocycles. The van der Waals surface area contributed by atoms with Crippen LogP contribution in [0.2, 0.25) is 0 Å². The Labute approximate surface area is 158 Å². The first-order chi connectivity index (χ1) is 12.0. The standard InChI is InChI=1S/C18H25N3O2S2/c1-13-16(11-25-12-17(22)19-9-10-21(2)3)20-18(23-13)14-5-7-15(24-4)8-6-14/h5-8H,9-12H2,1-4H3,(H,19,22). The van der Waals surface area contributed by atoms with Gasteiger partial charge in [-0.3, -0.25) is 4.79 Å². The van der Waals surface area contributed by atoms with Gasteiger partial charge in [0.1, 0.15) is 5.76 Å². The van der Waals surface area contributed by atoms with Crippen molar-refractivity contribution in [2.45, 2.75) is 17.6 Å². The molecule has 1 aromatic heterocycles. The van der Waals surface area contributed by atoms with E-state index < -0.39 is 0 Å². The number of hydrogen-bond donors (Lipinski definition) is 1. The van der Waals surface area contributed by atoms with Crippen LogP contribution in [0.4, 0.5) is 0 Å². The molecule has 0 atom stereocenters. The lowest BCUT2D eigenvalue weighted by Crippen LogP contribution is -2.32. The Bertz CT molecular complexity index is 684. The van der Waals surface area contributed by atoms with Gasteiger partial charge >= 0.3 is 0 Å². The maximum absolute atomic E-state index is 11.8. The zero-order chi connectivity index (χ0) is 18.2. The second kappa shape index (κ2) is 9.89. The Hall–Kier alpha value is -1.44. The number of hydrogen-bond acceptors (Lipinski definition) is 6. The van der Waals surface area contributed by atoms with Gasteiger partial charge in [0, 0.05) is 29.3 Å². The molecular weight excluding hydrogens is 354 g/mol. The number of oxazole rings is 1. The lowest BCUT2D eigenvalue weighted by Gasteiger charge is -2.10. The fourth-order valence-corrected chi connectivity index (χ4v) is 3.39. The molecular formula is C18H25N3O2S2. The second-order valence-electron chi connectivity index (χ2n) is 5.90. The van der Waals surface area contributed by atoms with Gasteiger partial charge in [-0.15, -0.1) is 23.5 Å². The molecule has 7 heteroatoms. The molecule has 1 N–H and O–H groups in total. The first-order valence-electron chi connectivity index (χ1n) is 8.09. The zero-order valence-corrected chi connectivity index (χ0v) is 16.8. The Kier molecular flexibility index (Phi) is 7.87. The Morgan fingerprint density at radius 2 is 2.00 bits per heavy atom. The summed E-state index contributed by atoms with van der Waals surface area (Å²) in [4.78, 5) is 19.6. The van der Waals surface area contributed by atoms with Crippen molar-refractivity contribution in [2.24, 2.45) is 0 Å². The first kappa shape index (κ1) is 19.9. The summed E-state index contributed by atoms with van der Waals surface area (Å²) in [6.07, 6.45) is 2.05. The summed E-state index contributed by atoms with van der Waals surface area (Å²) in [6.45, 7) is 3.43. The third-order valence-electron chi connectivity index (χ3n) is 3.58. The molecule has 1 amide bonds. The molecule has 5 nitrogen and oxygen atoms in total. The van der Waals surface area contributed by atoms with Crippen LogP contribution in [0.15, 0.2) is 33.6 Å². The van der Waals surface area contributed by atoms with Crippen molar-refractivity contribution in [1.29, 1.82) is 0 Å². The van der Waals surface area contributed by atoms with Gasteiger partial charge in [-0.25, -0.2) is 4.98 Å². The number of carbonyl (C=O) groups excluding carboxylic acids is 1. The van der Waals surface area contributed by atoms with Crippen molar-refractivity contribution >= 4 is 29.4 Å². The van der Waals surface area contributed by atoms with E-state index in [1.807, 2.05) is 38.1 Å². The topological polar surface area (TPSA) is 58.4 Å². The number of thioether (sulfide) groups is 2. The molecule has 0 aliphatic heterocycles. The van der Waals surface area contributed by atoms with E-state index in [9.17, 15) is 4.79 Å². The number of aryl methyl sites for hydroxylation is 1. The summed E-state index contributed by atoms with van der Waals surface area (Å²) >= 11 is 3.26. The maximum Gasteiger partial charge on any atom is 0.230 e. The highest BCUT2D eigenvalue weighted by Crippen LogP contribution is 2.26. The van der Waals surface area contributed by atoms with Crippen molar-refractivity contribution in [3.63, 3.8) is 0 Å². The van der Waals surface area contributed by atoms with Gasteiger partial charge in [0.05, 0.1) is 11.4 Å². The largest absolute Gasteiger partial charge is 0.441 e. The number of carbonyl (C=O) groups is 1. The van der Waals surface area contributed by atoms with E-state index >= 15 is 0 Å². The molecule has 1 heterocycles. The van der Waals surface area contributed by atoms with Crippen molar-refractivity contribution in [3.05, 3.63) is 35.7 Å². The highest BCUT2D eigenvalue weighted by atomic mass is 32.2. The molecule has 2 aromatic rings. The highest BCUT2D eigenvalue weighted by Gasteiger charge is 2.12. The van der Waals surface area contributed by atoms with Crippen molar-refractivity contribution in [1.82, 2.24) is 15.2 Å². The summed E-state index contributed by atoms with van der Waals surface area (Å²) < 4.78 is 5.79. The number of likely N-dealkylation sites (N-methyl/N-ethyl adjacent to an activating group) is 1. The predicted molar refractivity (Wildman–Crippen MR) is 106 cm³/mol. The van der Waals surface area contributed by atoms with Crippen molar-refractivity contribution in [3.8, 4) is 11.5 Å². The highest BCUT2D eigenvalue weighted by molar-refractivity contribution is 7.99. The SMILES string of the molecule is CSc1ccc(-c2nc(CSCC(=O)NCCN(C)C)c(C)o2)cc1. The number of aromatic nitrogens is 1. The second-order valence-corrected chi connectivity index (χ2v) is 7.76. The fraction of sp³-hybridized carbons (Fsp3) is 0.444. The van der Waals surface area contributed by atoms with Gasteiger partial charge < -0.3 is 14.6 Å². The van der Waals surface area contributed by atoms with Gasteiger partial charge in [-0.2, -0.15) is 0 Å². The number of benzene rings is 1. The zero-order valence-electron chi connectivity index (χ0n) is 15.2. The minimum atomic E-state index is 0.0564. The average Bonchev–Trinajstić information content (AvgIpc) is 2.95. The van der Waals surface area contributed by atoms with Crippen LogP contribution >= 0.6 is 23.5 Å². The third-order valence-corrected chi connectivity index (χ3v) is 5.27. The number of nitrogens with zero attached hydrogens (tertiary/aromatic N) is 2. The maximum atomic E-state index is 11.8. The monoisotopic (exact) mass is 379 g/mol. The lowest BCUT2D eigenvalue weighted by molar-refractivity contribution is -0.118. The molecule has 0 unspecified atom stereocenters. The molecule has 0 bridgehead atoms. The minimum absolute atomic E-state index is 0.0564. The van der Waals surface area contributed by atoms with Crippen LogP contribution in [0.5, 0.6) is 0 Å². The molecule has 0 spiro atoms. The molecule has 0 fully saturated rings. The molecule has 0 radical (unpaired) electrons. The normalized spacial score (nSPS) is 11.1. The summed E-state index contributed by atoms with van der Waals surface area (Å²) in [5, 5.41) is 2.91. The molecule has 0 aliphatic rings. The molecule has 1 aromatic carbocycles. The van der Waals surface area contributed by atoms with E-state index in [2.05, 4.69) is 28.7 Å². The van der Waals surface area contributed by atoms with Crippen LogP contribution in [0.1, 0.15) is 11.5 Å². The van der Waals surface area contributed by atoms with E-state index in [-0.39, 0.29) is 5.91 Å². The summed E-state index contributed by atoms with van der Waals surface area (Å²) in [5.41, 5.74) is 1.87. The smallest absolute Gasteiger partial charge is 0.230 e. The quantitative estimate of drug-likeness (QED) is 0.675. The Balaban J connectivity index is 1.84. The van der Waals surface area contributed by atoms with Crippen molar-refractivity contribution < 1.29 is 9.21 Å². The molecule has 0 saturated carbocycles. The minimum Gasteiger partial charge on any atom is -0.441 e. The Morgan fingerprint density at radius 3 is 2.64 bits per heavy atom. The van der Waals surface area contributed by atoms with Gasteiger partial charge in [0.15, 0.2) is 0 Å². The summed E-state index contributed by atoms with van der Waals surface area (Å²) in [6, 6.07) is 8.16. The predicted octanol–water partition coefficient (Wildman–Crippen LogP) is 3.28. The van der Waals surface area contributed by atoms with E-state index in [0.717, 1.165) is 23.6 Å². The van der Waals surface area contributed by atoms with Crippen LogP contribution in [0.3, 0.4) is 0 Å². The summed E-state index contributed by atoms with van der Waals surface area (Å²) in [5.74, 6) is 2.60.